The number of rotatable bonds is 15. The van der Waals surface area contributed by atoms with Gasteiger partial charge in [0, 0.05) is 0 Å². The number of carbonyl (C=O) groups is 1. The van der Waals surface area contributed by atoms with E-state index >= 15 is 0 Å². The molecule has 0 spiro atoms. The van der Waals surface area contributed by atoms with Crippen molar-refractivity contribution in [3.63, 3.8) is 0 Å². The molecule has 0 heterocycles. The molecule has 118 valence electrons. The maximum absolute atomic E-state index is 10.7. The highest BCUT2D eigenvalue weighted by molar-refractivity contribution is 5.67. The summed E-state index contributed by atoms with van der Waals surface area (Å²) in [6, 6.07) is 0. The summed E-state index contributed by atoms with van der Waals surface area (Å²) in [5.74, 6) is -0.782. The molecule has 0 saturated carbocycles. The SMILES string of the molecule is C=CCOC(CCCCCCCCCCC)CC(=O)O. The van der Waals surface area contributed by atoms with Crippen molar-refractivity contribution in [2.24, 2.45) is 0 Å². The summed E-state index contributed by atoms with van der Waals surface area (Å²) in [5.41, 5.74) is 0. The van der Waals surface area contributed by atoms with Crippen LogP contribution in [-0.4, -0.2) is 23.8 Å². The van der Waals surface area contributed by atoms with Crippen LogP contribution < -0.4 is 0 Å². The number of ether oxygens (including phenoxy) is 1. The number of carboxylic acids is 1. The maximum Gasteiger partial charge on any atom is 0.305 e. The van der Waals surface area contributed by atoms with E-state index in [0.29, 0.717) is 6.61 Å². The molecule has 0 aromatic carbocycles. The Kier molecular flexibility index (Phi) is 14.0. The molecule has 0 fully saturated rings. The van der Waals surface area contributed by atoms with Crippen LogP contribution in [0.5, 0.6) is 0 Å². The van der Waals surface area contributed by atoms with Crippen molar-refractivity contribution in [3.8, 4) is 0 Å². The van der Waals surface area contributed by atoms with E-state index in [2.05, 4.69) is 13.5 Å². The van der Waals surface area contributed by atoms with Crippen LogP contribution in [0.15, 0.2) is 12.7 Å². The van der Waals surface area contributed by atoms with Crippen LogP contribution in [0.1, 0.15) is 77.6 Å². The van der Waals surface area contributed by atoms with Gasteiger partial charge in [-0.25, -0.2) is 0 Å². The van der Waals surface area contributed by atoms with Crippen LogP contribution in [0, 0.1) is 0 Å². The van der Waals surface area contributed by atoms with E-state index in [4.69, 9.17) is 9.84 Å². The Bertz CT molecular complexity index is 238. The molecule has 0 rings (SSSR count). The van der Waals surface area contributed by atoms with Gasteiger partial charge in [0.25, 0.3) is 0 Å². The minimum Gasteiger partial charge on any atom is -0.481 e. The number of hydrogen-bond donors (Lipinski definition) is 1. The molecule has 0 aliphatic rings. The molecule has 20 heavy (non-hydrogen) atoms. The van der Waals surface area contributed by atoms with Crippen molar-refractivity contribution >= 4 is 5.97 Å². The zero-order valence-electron chi connectivity index (χ0n) is 13.1. The third-order valence-electron chi connectivity index (χ3n) is 3.48. The molecule has 0 bridgehead atoms. The Balaban J connectivity index is 3.47. The van der Waals surface area contributed by atoms with E-state index in [1.54, 1.807) is 6.08 Å². The fourth-order valence-electron chi connectivity index (χ4n) is 2.33. The first-order valence-electron chi connectivity index (χ1n) is 8.15. The highest BCUT2D eigenvalue weighted by Crippen LogP contribution is 2.14. The van der Waals surface area contributed by atoms with Gasteiger partial charge in [-0.15, -0.1) is 6.58 Å². The van der Waals surface area contributed by atoms with Gasteiger partial charge >= 0.3 is 5.97 Å². The Morgan fingerprint density at radius 1 is 1.10 bits per heavy atom. The Hall–Kier alpha value is -0.830. The molecule has 0 saturated heterocycles. The molecule has 0 aliphatic heterocycles. The first kappa shape index (κ1) is 19.2. The van der Waals surface area contributed by atoms with Crippen molar-refractivity contribution in [3.05, 3.63) is 12.7 Å². The largest absolute Gasteiger partial charge is 0.481 e. The fourth-order valence-corrected chi connectivity index (χ4v) is 2.33. The van der Waals surface area contributed by atoms with Gasteiger partial charge in [-0.1, -0.05) is 70.8 Å². The lowest BCUT2D eigenvalue weighted by atomic mass is 10.0. The second kappa shape index (κ2) is 14.6. The van der Waals surface area contributed by atoms with Crippen LogP contribution in [0.2, 0.25) is 0 Å². The molecular formula is C17H32O3. The van der Waals surface area contributed by atoms with E-state index in [-0.39, 0.29) is 12.5 Å². The highest BCUT2D eigenvalue weighted by Gasteiger charge is 2.12. The van der Waals surface area contributed by atoms with Gasteiger partial charge < -0.3 is 9.84 Å². The van der Waals surface area contributed by atoms with Crippen LogP contribution in [0.25, 0.3) is 0 Å². The lowest BCUT2D eigenvalue weighted by Crippen LogP contribution is -2.17. The standard InChI is InChI=1S/C17H32O3/c1-3-5-6-7-8-9-10-11-12-13-16(15-17(18)19)20-14-4-2/h4,16H,2-3,5-15H2,1H3,(H,18,19). The Morgan fingerprint density at radius 2 is 1.65 bits per heavy atom. The molecule has 0 amide bonds. The minimum absolute atomic E-state index is 0.102. The summed E-state index contributed by atoms with van der Waals surface area (Å²) in [5, 5.41) is 8.82. The third-order valence-corrected chi connectivity index (χ3v) is 3.48. The molecule has 1 atom stereocenters. The molecule has 0 aromatic heterocycles. The van der Waals surface area contributed by atoms with Crippen LogP contribution in [0.4, 0.5) is 0 Å². The van der Waals surface area contributed by atoms with Crippen molar-refractivity contribution < 1.29 is 14.6 Å². The molecule has 0 radical (unpaired) electrons. The van der Waals surface area contributed by atoms with Crippen LogP contribution in [-0.2, 0) is 9.53 Å². The van der Waals surface area contributed by atoms with Gasteiger partial charge in [-0.2, -0.15) is 0 Å². The maximum atomic E-state index is 10.7. The normalized spacial score (nSPS) is 12.2. The van der Waals surface area contributed by atoms with Crippen molar-refractivity contribution in [1.82, 2.24) is 0 Å². The van der Waals surface area contributed by atoms with E-state index in [1.165, 1.54) is 51.4 Å². The van der Waals surface area contributed by atoms with Crippen molar-refractivity contribution in [2.75, 3.05) is 6.61 Å². The number of unbranched alkanes of at least 4 members (excludes halogenated alkanes) is 8. The molecular weight excluding hydrogens is 252 g/mol. The van der Waals surface area contributed by atoms with E-state index < -0.39 is 5.97 Å². The highest BCUT2D eigenvalue weighted by atomic mass is 16.5. The third kappa shape index (κ3) is 13.6. The molecule has 1 N–H and O–H groups in total. The van der Waals surface area contributed by atoms with Crippen LogP contribution >= 0.6 is 0 Å². The predicted octanol–water partition coefficient (Wildman–Crippen LogP) is 4.95. The molecule has 3 heteroatoms. The van der Waals surface area contributed by atoms with Gasteiger partial charge in [-0.05, 0) is 6.42 Å². The summed E-state index contributed by atoms with van der Waals surface area (Å²) in [6.07, 6.45) is 14.0. The summed E-state index contributed by atoms with van der Waals surface area (Å²) in [7, 11) is 0. The average molecular weight is 284 g/mol. The zero-order valence-corrected chi connectivity index (χ0v) is 13.1. The summed E-state index contributed by atoms with van der Waals surface area (Å²) in [4.78, 5) is 10.7. The smallest absolute Gasteiger partial charge is 0.305 e. The molecule has 1 unspecified atom stereocenters. The van der Waals surface area contributed by atoms with Crippen molar-refractivity contribution in [1.29, 1.82) is 0 Å². The zero-order chi connectivity index (χ0) is 15.1. The van der Waals surface area contributed by atoms with Gasteiger partial charge in [-0.3, -0.25) is 4.79 Å². The quantitative estimate of drug-likeness (QED) is 0.342. The Labute approximate surface area is 124 Å². The van der Waals surface area contributed by atoms with E-state index in [9.17, 15) is 4.79 Å². The Morgan fingerprint density at radius 3 is 2.15 bits per heavy atom. The lowest BCUT2D eigenvalue weighted by Gasteiger charge is -2.14. The van der Waals surface area contributed by atoms with Crippen LogP contribution in [0.3, 0.4) is 0 Å². The average Bonchev–Trinajstić information content (AvgIpc) is 2.42. The molecule has 0 aromatic rings. The summed E-state index contributed by atoms with van der Waals surface area (Å²) >= 11 is 0. The number of hydrogen-bond acceptors (Lipinski definition) is 2. The number of carboxylic acid groups (broad SMARTS) is 1. The lowest BCUT2D eigenvalue weighted by molar-refractivity contribution is -0.140. The second-order valence-electron chi connectivity index (χ2n) is 5.46. The van der Waals surface area contributed by atoms with Gasteiger partial charge in [0.15, 0.2) is 0 Å². The topological polar surface area (TPSA) is 46.5 Å². The summed E-state index contributed by atoms with van der Waals surface area (Å²) in [6.45, 7) is 6.27. The van der Waals surface area contributed by atoms with E-state index in [0.717, 1.165) is 12.8 Å². The minimum atomic E-state index is -0.782. The monoisotopic (exact) mass is 284 g/mol. The molecule has 3 nitrogen and oxygen atoms in total. The van der Waals surface area contributed by atoms with Gasteiger partial charge in [0.05, 0.1) is 19.1 Å². The molecule has 0 aliphatic carbocycles. The van der Waals surface area contributed by atoms with E-state index in [1.807, 2.05) is 0 Å². The first-order chi connectivity index (χ1) is 9.70. The van der Waals surface area contributed by atoms with Gasteiger partial charge in [0.2, 0.25) is 0 Å². The predicted molar refractivity (Wildman–Crippen MR) is 84.0 cm³/mol. The van der Waals surface area contributed by atoms with Crippen molar-refractivity contribution in [2.45, 2.75) is 83.7 Å². The summed E-state index contributed by atoms with van der Waals surface area (Å²) < 4.78 is 5.48. The number of aliphatic carboxylic acids is 1. The second-order valence-corrected chi connectivity index (χ2v) is 5.46. The fraction of sp³-hybridized carbons (Fsp3) is 0.824. The van der Waals surface area contributed by atoms with Gasteiger partial charge in [0.1, 0.15) is 0 Å². The first-order valence-corrected chi connectivity index (χ1v) is 8.15.